The Hall–Kier alpha value is -3.68. The summed E-state index contributed by atoms with van der Waals surface area (Å²) in [5.74, 6) is -2.26. The summed E-state index contributed by atoms with van der Waals surface area (Å²) in [5.41, 5.74) is 3.22. The Labute approximate surface area is 199 Å². The van der Waals surface area contributed by atoms with Crippen LogP contribution in [0.5, 0.6) is 5.75 Å². The maximum atomic E-state index is 13.7. The molecule has 0 saturated heterocycles. The molecule has 3 rings (SSSR count). The van der Waals surface area contributed by atoms with Gasteiger partial charge in [-0.05, 0) is 51.3 Å². The highest BCUT2D eigenvalue weighted by Crippen LogP contribution is 2.35. The zero-order valence-corrected chi connectivity index (χ0v) is 20.7. The van der Waals surface area contributed by atoms with E-state index in [2.05, 4.69) is 4.98 Å². The van der Waals surface area contributed by atoms with Crippen molar-refractivity contribution < 1.29 is 24.2 Å². The number of amides is 1. The number of ketones is 1. The van der Waals surface area contributed by atoms with Gasteiger partial charge in [0.15, 0.2) is 5.78 Å². The first kappa shape index (κ1) is 25.0. The number of aromatic hydroxyl groups is 1. The van der Waals surface area contributed by atoms with Gasteiger partial charge in [-0.3, -0.25) is 14.4 Å². The van der Waals surface area contributed by atoms with Gasteiger partial charge in [-0.2, -0.15) is 0 Å². The molecule has 1 atom stereocenters. The number of benzene rings is 2. The zero-order valence-electron chi connectivity index (χ0n) is 20.7. The number of nitrogens with zero attached hydrogens (tertiary/aromatic N) is 3. The number of fused-ring (bicyclic) bond motifs is 1. The maximum Gasteiger partial charge on any atom is 0.317 e. The van der Waals surface area contributed by atoms with E-state index in [1.165, 1.54) is 4.90 Å². The molecule has 0 saturated carbocycles. The van der Waals surface area contributed by atoms with E-state index in [1.54, 1.807) is 45.6 Å². The van der Waals surface area contributed by atoms with Crippen molar-refractivity contribution in [1.82, 2.24) is 14.5 Å². The molecule has 1 amide bonds. The molecule has 2 aromatic carbocycles. The van der Waals surface area contributed by atoms with E-state index in [-0.39, 0.29) is 35.8 Å². The van der Waals surface area contributed by atoms with Crippen molar-refractivity contribution in [2.75, 3.05) is 20.7 Å². The van der Waals surface area contributed by atoms with Crippen molar-refractivity contribution in [3.63, 3.8) is 0 Å². The summed E-state index contributed by atoms with van der Waals surface area (Å²) in [5, 5.41) is 11.2. The number of aryl methyl sites for hydroxylation is 4. The Kier molecular flexibility index (Phi) is 7.09. The molecule has 180 valence electrons. The van der Waals surface area contributed by atoms with Gasteiger partial charge in [-0.15, -0.1) is 0 Å². The molecule has 34 heavy (non-hydrogen) atoms. The van der Waals surface area contributed by atoms with Gasteiger partial charge < -0.3 is 19.3 Å². The molecule has 0 radical (unpaired) electrons. The summed E-state index contributed by atoms with van der Waals surface area (Å²) in [7, 11) is 5.00. The lowest BCUT2D eigenvalue weighted by Crippen LogP contribution is -2.31. The van der Waals surface area contributed by atoms with Gasteiger partial charge in [0.1, 0.15) is 23.0 Å². The highest BCUT2D eigenvalue weighted by molar-refractivity contribution is 6.11. The molecule has 0 aliphatic rings. The van der Waals surface area contributed by atoms with E-state index in [4.69, 9.17) is 4.74 Å². The van der Waals surface area contributed by atoms with Crippen LogP contribution in [-0.4, -0.2) is 57.9 Å². The molecule has 8 nitrogen and oxygen atoms in total. The Balaban J connectivity index is 2.23. The van der Waals surface area contributed by atoms with Crippen LogP contribution in [0.3, 0.4) is 0 Å². The number of ether oxygens (including phenoxy) is 1. The van der Waals surface area contributed by atoms with Gasteiger partial charge in [0.2, 0.25) is 0 Å². The minimum atomic E-state index is -1.23. The van der Waals surface area contributed by atoms with Gasteiger partial charge in [0, 0.05) is 37.8 Å². The van der Waals surface area contributed by atoms with Crippen molar-refractivity contribution in [3.8, 4) is 5.75 Å². The lowest BCUT2D eigenvalue weighted by atomic mass is 9.85. The second-order valence-electron chi connectivity index (χ2n) is 8.68. The van der Waals surface area contributed by atoms with E-state index < -0.39 is 17.7 Å². The Bertz CT molecular complexity index is 1270. The largest absolute Gasteiger partial charge is 0.505 e. The van der Waals surface area contributed by atoms with Crippen LogP contribution < -0.4 is 0 Å². The Morgan fingerprint density at radius 1 is 1.15 bits per heavy atom. The summed E-state index contributed by atoms with van der Waals surface area (Å²) in [6.45, 7) is 7.18. The number of rotatable bonds is 7. The third kappa shape index (κ3) is 4.40. The van der Waals surface area contributed by atoms with Gasteiger partial charge >= 0.3 is 5.97 Å². The van der Waals surface area contributed by atoms with Crippen molar-refractivity contribution in [2.24, 2.45) is 13.0 Å². The van der Waals surface area contributed by atoms with Gasteiger partial charge in [-0.1, -0.05) is 18.2 Å². The topological polar surface area (TPSA) is 102 Å². The normalized spacial score (nSPS) is 12.0. The number of phenolic OH excluding ortho intramolecular Hbond substituents is 1. The van der Waals surface area contributed by atoms with Crippen LogP contribution in [0.1, 0.15) is 50.2 Å². The van der Waals surface area contributed by atoms with Crippen LogP contribution in [0.15, 0.2) is 24.3 Å². The molecule has 1 unspecified atom stereocenters. The van der Waals surface area contributed by atoms with E-state index in [0.29, 0.717) is 22.4 Å². The fraction of sp³-hybridized carbons (Fsp3) is 0.385. The number of aromatic nitrogens is 2. The molecule has 0 bridgehead atoms. The standard InChI is InChI=1S/C26H31N3O5/c1-8-34-26(33)19(23(30)21-14(2)10-9-11-15(21)3)12-17-18(25(32)28(5)6)13-20-22(24(17)31)27-16(4)29(20)7/h9-11,13,19,31H,8,12H2,1-7H3. The average Bonchev–Trinajstić information content (AvgIpc) is 3.06. The maximum absolute atomic E-state index is 13.7. The lowest BCUT2D eigenvalue weighted by Gasteiger charge is -2.21. The second kappa shape index (κ2) is 9.67. The van der Waals surface area contributed by atoms with Crippen LogP contribution in [0.4, 0.5) is 0 Å². The molecule has 8 heteroatoms. The molecular formula is C26H31N3O5. The molecule has 3 aromatic rings. The first-order valence-electron chi connectivity index (χ1n) is 11.2. The van der Waals surface area contributed by atoms with Crippen molar-refractivity contribution in [3.05, 3.63) is 57.9 Å². The summed E-state index contributed by atoms with van der Waals surface area (Å²) in [6.07, 6.45) is -0.197. The highest BCUT2D eigenvalue weighted by Gasteiger charge is 2.34. The molecule has 1 aromatic heterocycles. The first-order chi connectivity index (χ1) is 16.0. The summed E-state index contributed by atoms with van der Waals surface area (Å²) in [6, 6.07) is 7.11. The van der Waals surface area contributed by atoms with E-state index >= 15 is 0 Å². The average molecular weight is 466 g/mol. The fourth-order valence-corrected chi connectivity index (χ4v) is 4.21. The van der Waals surface area contributed by atoms with Crippen LogP contribution in [0.25, 0.3) is 11.0 Å². The van der Waals surface area contributed by atoms with Crippen LogP contribution in [0.2, 0.25) is 0 Å². The highest BCUT2D eigenvalue weighted by atomic mass is 16.5. The number of phenols is 1. The number of imidazole rings is 1. The molecule has 1 N–H and O–H groups in total. The Morgan fingerprint density at radius 2 is 1.76 bits per heavy atom. The summed E-state index contributed by atoms with van der Waals surface area (Å²) in [4.78, 5) is 45.6. The third-order valence-electron chi connectivity index (χ3n) is 6.14. The van der Waals surface area contributed by atoms with Crippen molar-refractivity contribution >= 4 is 28.7 Å². The lowest BCUT2D eigenvalue weighted by molar-refractivity contribution is -0.146. The predicted molar refractivity (Wildman–Crippen MR) is 129 cm³/mol. The number of carbonyl (C=O) groups is 3. The smallest absolute Gasteiger partial charge is 0.317 e. The van der Waals surface area contributed by atoms with Gasteiger partial charge in [0.25, 0.3) is 5.91 Å². The van der Waals surface area contributed by atoms with E-state index in [9.17, 15) is 19.5 Å². The zero-order chi connectivity index (χ0) is 25.3. The quantitative estimate of drug-likeness (QED) is 0.326. The van der Waals surface area contributed by atoms with Crippen LogP contribution in [-0.2, 0) is 23.0 Å². The van der Waals surface area contributed by atoms with Crippen LogP contribution >= 0.6 is 0 Å². The number of esters is 1. The SMILES string of the molecule is CCOC(=O)C(Cc1c(C(=O)N(C)C)cc2c(nc(C)n2C)c1O)C(=O)c1c(C)cccc1C. The fourth-order valence-electron chi connectivity index (χ4n) is 4.21. The number of Topliss-reactive ketones (excluding diaryl/α,β-unsaturated/α-hetero) is 1. The van der Waals surface area contributed by atoms with Crippen molar-refractivity contribution in [1.29, 1.82) is 0 Å². The summed E-state index contributed by atoms with van der Waals surface area (Å²) >= 11 is 0. The number of hydrogen-bond acceptors (Lipinski definition) is 6. The number of carbonyl (C=O) groups excluding carboxylic acids is 3. The van der Waals surface area contributed by atoms with E-state index in [0.717, 1.165) is 11.1 Å². The summed E-state index contributed by atoms with van der Waals surface area (Å²) < 4.78 is 7.01. The molecule has 0 aliphatic heterocycles. The molecule has 0 fully saturated rings. The predicted octanol–water partition coefficient (Wildman–Crippen LogP) is 3.51. The molecule has 1 heterocycles. The molecule has 0 aliphatic carbocycles. The Morgan fingerprint density at radius 3 is 2.32 bits per heavy atom. The molecule has 0 spiro atoms. The molecular weight excluding hydrogens is 434 g/mol. The van der Waals surface area contributed by atoms with Crippen LogP contribution in [0, 0.1) is 26.7 Å². The van der Waals surface area contributed by atoms with Gasteiger partial charge in [-0.25, -0.2) is 4.98 Å². The number of hydrogen-bond donors (Lipinski definition) is 1. The van der Waals surface area contributed by atoms with Crippen molar-refractivity contribution in [2.45, 2.75) is 34.1 Å². The first-order valence-corrected chi connectivity index (χ1v) is 11.2. The second-order valence-corrected chi connectivity index (χ2v) is 8.68. The minimum Gasteiger partial charge on any atom is -0.505 e. The minimum absolute atomic E-state index is 0.101. The van der Waals surface area contributed by atoms with Gasteiger partial charge in [0.05, 0.1) is 12.1 Å². The monoisotopic (exact) mass is 465 g/mol. The third-order valence-corrected chi connectivity index (χ3v) is 6.14. The van der Waals surface area contributed by atoms with E-state index in [1.807, 2.05) is 32.0 Å².